The Morgan fingerprint density at radius 1 is 1.45 bits per heavy atom. The highest BCUT2D eigenvalue weighted by molar-refractivity contribution is 5.99. The minimum Gasteiger partial charge on any atom is -0.398 e. The van der Waals surface area contributed by atoms with Crippen molar-refractivity contribution in [3.8, 4) is 0 Å². The summed E-state index contributed by atoms with van der Waals surface area (Å²) < 4.78 is 14.5. The number of hydrogen-bond donors (Lipinski definition) is 1. The van der Waals surface area contributed by atoms with Gasteiger partial charge in [0.2, 0.25) is 0 Å². The Kier molecular flexibility index (Phi) is 3.24. The van der Waals surface area contributed by atoms with Gasteiger partial charge in [0.25, 0.3) is 0 Å². The number of nitrogen functional groups attached to an aromatic ring is 1. The summed E-state index contributed by atoms with van der Waals surface area (Å²) in [6.07, 6.45) is 3.96. The summed E-state index contributed by atoms with van der Waals surface area (Å²) in [4.78, 5) is 6.55. The molecule has 1 aliphatic carbocycles. The van der Waals surface area contributed by atoms with Gasteiger partial charge in [-0.2, -0.15) is 0 Å². The first kappa shape index (κ1) is 13.2. The Bertz CT molecular complexity index is 635. The molecule has 2 N–H and O–H groups in total. The van der Waals surface area contributed by atoms with Crippen molar-refractivity contribution >= 4 is 22.3 Å². The molecule has 0 aliphatic heterocycles. The largest absolute Gasteiger partial charge is 0.398 e. The molecule has 0 spiro atoms. The Hall–Kier alpha value is -1.84. The van der Waals surface area contributed by atoms with Crippen LogP contribution in [0.3, 0.4) is 0 Å². The normalized spacial score (nSPS) is 15.0. The quantitative estimate of drug-likeness (QED) is 0.866. The number of fused-ring (bicyclic) bond motifs is 1. The van der Waals surface area contributed by atoms with Gasteiger partial charge in [-0.15, -0.1) is 0 Å². The predicted molar refractivity (Wildman–Crippen MR) is 81.3 cm³/mol. The van der Waals surface area contributed by atoms with Gasteiger partial charge in [0, 0.05) is 29.9 Å². The fraction of sp³-hybridized carbons (Fsp3) is 0.438. The van der Waals surface area contributed by atoms with Crippen LogP contribution in [0, 0.1) is 11.7 Å². The van der Waals surface area contributed by atoms with E-state index in [-0.39, 0.29) is 5.82 Å². The maximum atomic E-state index is 14.5. The van der Waals surface area contributed by atoms with Crippen LogP contribution in [0.5, 0.6) is 0 Å². The van der Waals surface area contributed by atoms with Crippen molar-refractivity contribution in [3.05, 3.63) is 30.2 Å². The fourth-order valence-corrected chi connectivity index (χ4v) is 2.70. The van der Waals surface area contributed by atoms with E-state index in [1.807, 2.05) is 12.1 Å². The maximum Gasteiger partial charge on any atom is 0.150 e. The third-order valence-corrected chi connectivity index (χ3v) is 3.69. The van der Waals surface area contributed by atoms with Gasteiger partial charge in [-0.25, -0.2) is 4.39 Å². The molecule has 0 radical (unpaired) electrons. The molecule has 1 aromatic carbocycles. The van der Waals surface area contributed by atoms with Crippen LogP contribution in [0.4, 0.5) is 15.8 Å². The van der Waals surface area contributed by atoms with Gasteiger partial charge >= 0.3 is 0 Å². The lowest BCUT2D eigenvalue weighted by molar-refractivity contribution is 0.580. The van der Waals surface area contributed by atoms with Crippen LogP contribution in [0.1, 0.15) is 26.7 Å². The SMILES string of the molecule is CC(C)CN(c1c(F)cc(N)c2cccnc12)C1CC1. The third kappa shape index (κ3) is 2.30. The lowest BCUT2D eigenvalue weighted by Crippen LogP contribution is -2.31. The zero-order chi connectivity index (χ0) is 14.3. The maximum absolute atomic E-state index is 14.5. The van der Waals surface area contributed by atoms with Crippen molar-refractivity contribution in [1.29, 1.82) is 0 Å². The summed E-state index contributed by atoms with van der Waals surface area (Å²) in [5.41, 5.74) is 7.67. The van der Waals surface area contributed by atoms with Gasteiger partial charge in [-0.3, -0.25) is 4.98 Å². The van der Waals surface area contributed by atoms with Crippen LogP contribution >= 0.6 is 0 Å². The van der Waals surface area contributed by atoms with Crippen molar-refractivity contribution in [2.75, 3.05) is 17.2 Å². The molecule has 106 valence electrons. The van der Waals surface area contributed by atoms with E-state index in [4.69, 9.17) is 5.73 Å². The lowest BCUT2D eigenvalue weighted by Gasteiger charge is -2.28. The smallest absolute Gasteiger partial charge is 0.150 e. The molecule has 1 aromatic heterocycles. The molecule has 4 heteroatoms. The van der Waals surface area contributed by atoms with Crippen LogP contribution in [0.2, 0.25) is 0 Å². The standard InChI is InChI=1S/C16H20FN3/c1-10(2)9-20(11-5-6-11)16-13(17)8-14(18)12-4-3-7-19-15(12)16/h3-4,7-8,10-11H,5-6,9,18H2,1-2H3. The minimum absolute atomic E-state index is 0.263. The second-order valence-corrected chi connectivity index (χ2v) is 5.97. The van der Waals surface area contributed by atoms with Crippen LogP contribution < -0.4 is 10.6 Å². The van der Waals surface area contributed by atoms with E-state index in [0.717, 1.165) is 24.8 Å². The highest BCUT2D eigenvalue weighted by atomic mass is 19.1. The molecular weight excluding hydrogens is 253 g/mol. The van der Waals surface area contributed by atoms with Crippen LogP contribution in [0.15, 0.2) is 24.4 Å². The van der Waals surface area contributed by atoms with Crippen molar-refractivity contribution < 1.29 is 4.39 Å². The molecule has 3 nitrogen and oxygen atoms in total. The highest BCUT2D eigenvalue weighted by Gasteiger charge is 2.32. The van der Waals surface area contributed by atoms with Gasteiger partial charge in [0.15, 0.2) is 5.82 Å². The van der Waals surface area contributed by atoms with Crippen molar-refractivity contribution in [1.82, 2.24) is 4.98 Å². The molecular formula is C16H20FN3. The average molecular weight is 273 g/mol. The van der Waals surface area contributed by atoms with E-state index in [1.54, 1.807) is 6.20 Å². The molecule has 1 fully saturated rings. The molecule has 0 bridgehead atoms. The minimum atomic E-state index is -0.263. The second-order valence-electron chi connectivity index (χ2n) is 5.97. The van der Waals surface area contributed by atoms with E-state index in [1.165, 1.54) is 6.07 Å². The Balaban J connectivity index is 2.18. The second kappa shape index (κ2) is 4.93. The number of aromatic nitrogens is 1. The molecule has 1 aliphatic rings. The number of nitrogens with zero attached hydrogens (tertiary/aromatic N) is 2. The van der Waals surface area contributed by atoms with Crippen LogP contribution in [-0.2, 0) is 0 Å². The number of nitrogens with two attached hydrogens (primary N) is 1. The van der Waals surface area contributed by atoms with E-state index in [0.29, 0.717) is 28.9 Å². The van der Waals surface area contributed by atoms with Gasteiger partial charge < -0.3 is 10.6 Å². The number of pyridine rings is 1. The predicted octanol–water partition coefficient (Wildman–Crippen LogP) is 3.58. The Morgan fingerprint density at radius 3 is 2.85 bits per heavy atom. The Morgan fingerprint density at radius 2 is 2.20 bits per heavy atom. The molecule has 1 saturated carbocycles. The van der Waals surface area contributed by atoms with Crippen LogP contribution in [0.25, 0.3) is 10.9 Å². The first-order valence-electron chi connectivity index (χ1n) is 7.17. The number of halogens is 1. The van der Waals surface area contributed by atoms with Gasteiger partial charge in [0.1, 0.15) is 5.69 Å². The van der Waals surface area contributed by atoms with Gasteiger partial charge in [0.05, 0.1) is 5.52 Å². The average Bonchev–Trinajstić information content (AvgIpc) is 3.21. The number of hydrogen-bond acceptors (Lipinski definition) is 3. The highest BCUT2D eigenvalue weighted by Crippen LogP contribution is 2.39. The summed E-state index contributed by atoms with van der Waals surface area (Å²) in [5.74, 6) is 0.215. The van der Waals surface area contributed by atoms with E-state index in [2.05, 4.69) is 23.7 Å². The zero-order valence-corrected chi connectivity index (χ0v) is 11.9. The van der Waals surface area contributed by atoms with E-state index < -0.39 is 0 Å². The molecule has 1 heterocycles. The van der Waals surface area contributed by atoms with Crippen molar-refractivity contribution in [3.63, 3.8) is 0 Å². The third-order valence-electron chi connectivity index (χ3n) is 3.69. The molecule has 0 amide bonds. The van der Waals surface area contributed by atoms with Gasteiger partial charge in [-0.1, -0.05) is 13.8 Å². The Labute approximate surface area is 118 Å². The fourth-order valence-electron chi connectivity index (χ4n) is 2.70. The van der Waals surface area contributed by atoms with Crippen molar-refractivity contribution in [2.24, 2.45) is 5.92 Å². The topological polar surface area (TPSA) is 42.1 Å². The van der Waals surface area contributed by atoms with Crippen molar-refractivity contribution in [2.45, 2.75) is 32.7 Å². The molecule has 0 saturated heterocycles. The van der Waals surface area contributed by atoms with Gasteiger partial charge in [-0.05, 0) is 37.0 Å². The van der Waals surface area contributed by atoms with E-state index >= 15 is 0 Å². The number of benzene rings is 1. The molecule has 2 aromatic rings. The summed E-state index contributed by atoms with van der Waals surface area (Å²) >= 11 is 0. The van der Waals surface area contributed by atoms with E-state index in [9.17, 15) is 4.39 Å². The first-order valence-corrected chi connectivity index (χ1v) is 7.17. The molecule has 3 rings (SSSR count). The molecule has 20 heavy (non-hydrogen) atoms. The first-order chi connectivity index (χ1) is 9.58. The number of anilines is 2. The monoisotopic (exact) mass is 273 g/mol. The summed E-state index contributed by atoms with van der Waals surface area (Å²) in [6.45, 7) is 5.15. The number of rotatable bonds is 4. The summed E-state index contributed by atoms with van der Waals surface area (Å²) in [6, 6.07) is 5.61. The zero-order valence-electron chi connectivity index (χ0n) is 11.9. The van der Waals surface area contributed by atoms with Crippen LogP contribution in [-0.4, -0.2) is 17.6 Å². The molecule has 0 atom stereocenters. The lowest BCUT2D eigenvalue weighted by atomic mass is 10.1. The summed E-state index contributed by atoms with van der Waals surface area (Å²) in [7, 11) is 0. The molecule has 0 unspecified atom stereocenters. The summed E-state index contributed by atoms with van der Waals surface area (Å²) in [5, 5.41) is 0.832.